The highest BCUT2D eigenvalue weighted by molar-refractivity contribution is 7.11. The molecule has 0 bridgehead atoms. The first-order valence-electron chi connectivity index (χ1n) is 23.5. The average molecular weight is 1190 g/mol. The molecule has 0 saturated heterocycles. The fraction of sp³-hybridized carbons (Fsp3) is 0.212. The SMILES string of the molecule is CC(C)c1sccc1N.O=C(O)Cc1sccc1N=Cc1c(C(F)(F)F)nc2ccccn12.O=C(O)Cc1sccc1NCc1c(C(F)(F)F)nc2ccccn12.O=C1Cc2sccc2N1Cc1c(C(F)(F)F)nc2ccccn12. The number of nitrogens with two attached hydrogens (primary N) is 1. The number of carboxylic acids is 2. The van der Waals surface area contributed by atoms with Gasteiger partial charge in [0.2, 0.25) is 5.91 Å². The number of imidazole rings is 3. The molecule has 1 aliphatic heterocycles. The van der Waals surface area contributed by atoms with Crippen molar-refractivity contribution in [2.45, 2.75) is 70.6 Å². The molecule has 0 radical (unpaired) electrons. The zero-order valence-corrected chi connectivity index (χ0v) is 44.8. The van der Waals surface area contributed by atoms with Crippen LogP contribution in [0.25, 0.3) is 16.9 Å². The van der Waals surface area contributed by atoms with Crippen LogP contribution < -0.4 is 16.0 Å². The Bertz CT molecular complexity index is 3850. The minimum absolute atomic E-state index is 0.0226. The molecule has 15 nitrogen and oxygen atoms in total. The second-order valence-electron chi connectivity index (χ2n) is 17.5. The van der Waals surface area contributed by atoms with Crippen molar-refractivity contribution < 1.29 is 64.1 Å². The number of carbonyl (C=O) groups excluding carboxylic acids is 1. The summed E-state index contributed by atoms with van der Waals surface area (Å²) >= 11 is 5.60. The van der Waals surface area contributed by atoms with Gasteiger partial charge in [-0.05, 0) is 88.1 Å². The van der Waals surface area contributed by atoms with Crippen LogP contribution >= 0.6 is 45.3 Å². The summed E-state index contributed by atoms with van der Waals surface area (Å²) in [5.41, 5.74) is 5.53. The number of aliphatic imine (C=N–C) groups is 1. The molecular weight excluding hydrogens is 1140 g/mol. The fourth-order valence-corrected chi connectivity index (χ4v) is 11.6. The maximum atomic E-state index is 13.3. The number of hydrogen-bond donors (Lipinski definition) is 4. The molecule has 11 heterocycles. The minimum atomic E-state index is -4.62. The third kappa shape index (κ3) is 13.5. The summed E-state index contributed by atoms with van der Waals surface area (Å²) in [6.07, 6.45) is -8.35. The number of hydrogen-bond acceptors (Lipinski definition) is 13. The molecule has 80 heavy (non-hydrogen) atoms. The predicted molar refractivity (Wildman–Crippen MR) is 289 cm³/mol. The van der Waals surface area contributed by atoms with Crippen molar-refractivity contribution in [1.82, 2.24) is 28.2 Å². The highest BCUT2D eigenvalue weighted by Gasteiger charge is 2.41. The number of nitrogens with one attached hydrogen (secondary N) is 1. The van der Waals surface area contributed by atoms with E-state index >= 15 is 0 Å². The van der Waals surface area contributed by atoms with E-state index in [4.69, 9.17) is 15.9 Å². The number of alkyl halides is 9. The number of halogens is 9. The summed E-state index contributed by atoms with van der Waals surface area (Å²) in [7, 11) is 0. The summed E-state index contributed by atoms with van der Waals surface area (Å²) in [4.78, 5) is 53.4. The number of carboxylic acid groups (broad SMARTS) is 2. The Morgan fingerprint density at radius 2 is 1.19 bits per heavy atom. The number of rotatable bonds is 12. The first-order valence-corrected chi connectivity index (χ1v) is 27.0. The highest BCUT2D eigenvalue weighted by Crippen LogP contribution is 2.39. The number of carbonyl (C=O) groups is 3. The average Bonchev–Trinajstić information content (AvgIpc) is 4.30. The van der Waals surface area contributed by atoms with Crippen molar-refractivity contribution in [3.8, 4) is 0 Å². The molecular formula is C52H43F9N10O5S4. The summed E-state index contributed by atoms with van der Waals surface area (Å²) in [5.74, 6) is -1.64. The zero-order valence-electron chi connectivity index (χ0n) is 41.5. The van der Waals surface area contributed by atoms with E-state index in [-0.39, 0.29) is 72.3 Å². The van der Waals surface area contributed by atoms with E-state index < -0.39 is 47.5 Å². The Balaban J connectivity index is 0.000000146. The van der Waals surface area contributed by atoms with Crippen LogP contribution in [0.4, 0.5) is 62.3 Å². The number of pyridine rings is 3. The lowest BCUT2D eigenvalue weighted by molar-refractivity contribution is -0.142. The molecule has 5 N–H and O–H groups in total. The van der Waals surface area contributed by atoms with E-state index in [0.29, 0.717) is 32.7 Å². The Morgan fingerprint density at radius 1 is 0.675 bits per heavy atom. The number of aromatic nitrogens is 6. The van der Waals surface area contributed by atoms with Crippen LogP contribution in [-0.4, -0.2) is 62.4 Å². The van der Waals surface area contributed by atoms with Gasteiger partial charge < -0.3 is 35.0 Å². The van der Waals surface area contributed by atoms with Crippen LogP contribution in [0.1, 0.15) is 73.4 Å². The molecule has 0 unspecified atom stereocenters. The van der Waals surface area contributed by atoms with E-state index in [0.717, 1.165) is 16.8 Å². The van der Waals surface area contributed by atoms with Gasteiger partial charge >= 0.3 is 30.5 Å². The third-order valence-electron chi connectivity index (χ3n) is 11.7. The second kappa shape index (κ2) is 24.1. The van der Waals surface area contributed by atoms with Crippen LogP contribution in [-0.2, 0) is 65.3 Å². The summed E-state index contributed by atoms with van der Waals surface area (Å²) < 4.78 is 123. The van der Waals surface area contributed by atoms with Gasteiger partial charge in [0.05, 0.1) is 67.0 Å². The molecule has 10 aromatic rings. The summed E-state index contributed by atoms with van der Waals surface area (Å²) in [5, 5.41) is 27.8. The quantitative estimate of drug-likeness (QED) is 0.0675. The van der Waals surface area contributed by atoms with Gasteiger partial charge in [-0.2, -0.15) is 39.5 Å². The van der Waals surface area contributed by atoms with Crippen LogP contribution in [0.3, 0.4) is 0 Å². The van der Waals surface area contributed by atoms with E-state index in [9.17, 15) is 53.9 Å². The molecule has 1 amide bonds. The normalized spacial score (nSPS) is 12.7. The van der Waals surface area contributed by atoms with E-state index in [1.165, 1.54) is 93.8 Å². The monoisotopic (exact) mass is 1190 g/mol. The van der Waals surface area contributed by atoms with Crippen molar-refractivity contribution in [2.75, 3.05) is 16.0 Å². The third-order valence-corrected chi connectivity index (χ3v) is 15.7. The number of thiophene rings is 4. The Hall–Kier alpha value is -8.08. The Labute approximate surface area is 463 Å². The van der Waals surface area contributed by atoms with Crippen molar-refractivity contribution in [1.29, 1.82) is 0 Å². The number of fused-ring (bicyclic) bond motifs is 4. The van der Waals surface area contributed by atoms with Gasteiger partial charge in [-0.25, -0.2) is 15.0 Å². The fourth-order valence-electron chi connectivity index (χ4n) is 8.21. The topological polar surface area (TPSA) is 197 Å². The van der Waals surface area contributed by atoms with Crippen LogP contribution in [0.2, 0.25) is 0 Å². The van der Waals surface area contributed by atoms with Crippen LogP contribution in [0.15, 0.2) is 124 Å². The Morgan fingerprint density at radius 3 is 1.75 bits per heavy atom. The van der Waals surface area contributed by atoms with Gasteiger partial charge in [0.25, 0.3) is 0 Å². The summed E-state index contributed by atoms with van der Waals surface area (Å²) in [6.45, 7) is 4.04. The lowest BCUT2D eigenvalue weighted by atomic mass is 10.1. The van der Waals surface area contributed by atoms with E-state index in [2.05, 4.69) is 39.1 Å². The largest absolute Gasteiger partial charge is 0.481 e. The molecule has 0 fully saturated rings. The molecule has 0 spiro atoms. The molecule has 1 aliphatic rings. The van der Waals surface area contributed by atoms with Gasteiger partial charge in [-0.1, -0.05) is 32.0 Å². The molecule has 10 aromatic heterocycles. The van der Waals surface area contributed by atoms with Gasteiger partial charge in [0, 0.05) is 49.5 Å². The molecule has 0 atom stereocenters. The van der Waals surface area contributed by atoms with Crippen molar-refractivity contribution >= 4 is 109 Å². The van der Waals surface area contributed by atoms with Crippen molar-refractivity contribution in [3.05, 3.63) is 173 Å². The molecule has 28 heteroatoms. The lowest BCUT2D eigenvalue weighted by Gasteiger charge is -2.17. The smallest absolute Gasteiger partial charge is 0.435 e. The molecule has 11 rings (SSSR count). The van der Waals surface area contributed by atoms with E-state index in [1.54, 1.807) is 76.7 Å². The van der Waals surface area contributed by atoms with Crippen molar-refractivity contribution in [3.63, 3.8) is 0 Å². The van der Waals surface area contributed by atoms with Gasteiger partial charge in [0.15, 0.2) is 17.1 Å². The van der Waals surface area contributed by atoms with E-state index in [1.807, 2.05) is 16.8 Å². The summed E-state index contributed by atoms with van der Waals surface area (Å²) in [6, 6.07) is 21.1. The van der Waals surface area contributed by atoms with Gasteiger partial charge in [-0.15, -0.1) is 45.3 Å². The molecule has 0 aromatic carbocycles. The van der Waals surface area contributed by atoms with Gasteiger partial charge in [-0.3, -0.25) is 23.8 Å². The molecule has 0 saturated carbocycles. The predicted octanol–water partition coefficient (Wildman–Crippen LogP) is 13.4. The number of nitrogens with zero attached hydrogens (tertiary/aromatic N) is 8. The number of aliphatic carboxylic acids is 2. The second-order valence-corrected chi connectivity index (χ2v) is 21.4. The minimum Gasteiger partial charge on any atom is -0.481 e. The standard InChI is InChI=1S/C15H12F3N3O2S.C15H10F3N3O2S.C15H10F3N3OS.C7H11NS/c2*16-15(17,18)14-10(21-5-2-1-3-12(21)20-14)8-19-9-4-6-24-11(9)7-13(22)23;16-15(17,18)14-10(20-5-2-1-3-12(20)19-14)8-21-9-4-6-23-11(9)7-13(21)22;1-5(2)7-6(8)3-4-9-7/h1-6,19H,7-8H2,(H,22,23);1-6,8H,7H2,(H,22,23);1-6H,7-8H2;3-5H,8H2,1-2H3. The number of nitrogen functional groups attached to an aromatic ring is 1. The lowest BCUT2D eigenvalue weighted by Crippen LogP contribution is -2.28. The number of amides is 1. The maximum absolute atomic E-state index is 13.3. The molecule has 0 aliphatic carbocycles. The molecule has 418 valence electrons. The van der Waals surface area contributed by atoms with Crippen molar-refractivity contribution in [2.24, 2.45) is 4.99 Å². The van der Waals surface area contributed by atoms with Crippen LogP contribution in [0, 0.1) is 0 Å². The maximum Gasteiger partial charge on any atom is 0.435 e. The first kappa shape index (κ1) is 58.1. The number of anilines is 3. The van der Waals surface area contributed by atoms with Crippen LogP contribution in [0.5, 0.6) is 0 Å². The Kier molecular flexibility index (Phi) is 17.5. The highest BCUT2D eigenvalue weighted by atomic mass is 32.1. The van der Waals surface area contributed by atoms with Gasteiger partial charge in [0.1, 0.15) is 16.9 Å². The first-order chi connectivity index (χ1) is 37.9. The zero-order chi connectivity index (χ0) is 57.7.